The van der Waals surface area contributed by atoms with E-state index in [0.29, 0.717) is 5.75 Å². The summed E-state index contributed by atoms with van der Waals surface area (Å²) in [5.74, 6) is -0.586. The molecule has 0 aliphatic rings. The first-order chi connectivity index (χ1) is 10.1. The lowest BCUT2D eigenvalue weighted by atomic mass is 10.0. The lowest BCUT2D eigenvalue weighted by Gasteiger charge is -2.20. The van der Waals surface area contributed by atoms with E-state index in [-0.39, 0.29) is 5.25 Å². The first-order valence-electron chi connectivity index (χ1n) is 6.49. The molecule has 0 spiro atoms. The molecule has 110 valence electrons. The highest BCUT2D eigenvalue weighted by Crippen LogP contribution is 2.37. The van der Waals surface area contributed by atoms with E-state index < -0.39 is 12.0 Å². The lowest BCUT2D eigenvalue weighted by molar-refractivity contribution is -0.137. The summed E-state index contributed by atoms with van der Waals surface area (Å²) in [6, 6.07) is 17.4. The molecule has 0 heterocycles. The molecular formula is C16H16INO2S. The van der Waals surface area contributed by atoms with Crippen molar-refractivity contribution in [1.82, 2.24) is 0 Å². The normalized spacial score (nSPS) is 13.6. The lowest BCUT2D eigenvalue weighted by Crippen LogP contribution is -2.32. The molecule has 2 rings (SSSR count). The van der Waals surface area contributed by atoms with Gasteiger partial charge in [0.05, 0.1) is 5.25 Å². The third-order valence-electron chi connectivity index (χ3n) is 3.05. The van der Waals surface area contributed by atoms with Crippen molar-refractivity contribution in [3.63, 3.8) is 0 Å². The van der Waals surface area contributed by atoms with Crippen molar-refractivity contribution in [2.24, 2.45) is 5.73 Å². The molecule has 0 aliphatic heterocycles. The molecule has 0 saturated carbocycles. The quantitative estimate of drug-likeness (QED) is 0.712. The van der Waals surface area contributed by atoms with Crippen LogP contribution in [-0.2, 0) is 4.79 Å². The smallest absolute Gasteiger partial charge is 0.321 e. The second kappa shape index (κ2) is 7.82. The van der Waals surface area contributed by atoms with E-state index in [1.807, 2.05) is 30.3 Å². The van der Waals surface area contributed by atoms with Crippen molar-refractivity contribution in [1.29, 1.82) is 0 Å². The first kappa shape index (κ1) is 16.3. The largest absolute Gasteiger partial charge is 0.480 e. The van der Waals surface area contributed by atoms with Crippen molar-refractivity contribution < 1.29 is 9.90 Å². The minimum Gasteiger partial charge on any atom is -0.480 e. The fourth-order valence-corrected chi connectivity index (χ4v) is 4.14. The highest BCUT2D eigenvalue weighted by atomic mass is 127. The number of carboxylic acids is 1. The Hall–Kier alpha value is -1.05. The minimum atomic E-state index is -0.961. The molecule has 2 atom stereocenters. The number of carboxylic acid groups (broad SMARTS) is 1. The third kappa shape index (κ3) is 4.46. The van der Waals surface area contributed by atoms with E-state index in [4.69, 9.17) is 10.8 Å². The number of aliphatic carboxylic acids is 1. The van der Waals surface area contributed by atoms with Crippen LogP contribution in [0.1, 0.15) is 16.4 Å². The summed E-state index contributed by atoms with van der Waals surface area (Å²) in [7, 11) is 0. The van der Waals surface area contributed by atoms with Gasteiger partial charge in [0.2, 0.25) is 0 Å². The second-order valence-electron chi connectivity index (χ2n) is 4.59. The fraction of sp³-hybridized carbons (Fsp3) is 0.188. The second-order valence-corrected chi connectivity index (χ2v) is 6.89. The van der Waals surface area contributed by atoms with Crippen molar-refractivity contribution in [3.05, 3.63) is 69.3 Å². The number of carbonyl (C=O) groups is 1. The number of hydrogen-bond donors (Lipinski definition) is 2. The molecule has 21 heavy (non-hydrogen) atoms. The summed E-state index contributed by atoms with van der Waals surface area (Å²) >= 11 is 3.88. The number of halogens is 1. The van der Waals surface area contributed by atoms with Gasteiger partial charge in [-0.25, -0.2) is 0 Å². The number of rotatable bonds is 6. The Balaban J connectivity index is 2.28. The molecule has 0 aliphatic carbocycles. The van der Waals surface area contributed by atoms with Crippen LogP contribution < -0.4 is 5.73 Å². The van der Waals surface area contributed by atoms with Gasteiger partial charge in [-0.2, -0.15) is 0 Å². The van der Waals surface area contributed by atoms with E-state index in [1.54, 1.807) is 11.8 Å². The zero-order valence-electron chi connectivity index (χ0n) is 11.3. The number of thioether (sulfide) groups is 1. The molecule has 0 amide bonds. The Morgan fingerprint density at radius 2 is 1.76 bits per heavy atom. The maximum Gasteiger partial charge on any atom is 0.321 e. The van der Waals surface area contributed by atoms with E-state index in [9.17, 15) is 4.79 Å². The Bertz CT molecular complexity index is 606. The van der Waals surface area contributed by atoms with Gasteiger partial charge in [-0.05, 0) is 39.8 Å². The number of benzene rings is 2. The van der Waals surface area contributed by atoms with Crippen molar-refractivity contribution in [2.45, 2.75) is 11.3 Å². The molecule has 0 aromatic heterocycles. The van der Waals surface area contributed by atoms with Gasteiger partial charge in [-0.1, -0.05) is 48.5 Å². The molecule has 0 saturated heterocycles. The number of nitrogens with two attached hydrogens (primary N) is 1. The number of hydrogen-bond acceptors (Lipinski definition) is 3. The van der Waals surface area contributed by atoms with Gasteiger partial charge >= 0.3 is 5.97 Å². The summed E-state index contributed by atoms with van der Waals surface area (Å²) in [6.07, 6.45) is 0. The van der Waals surface area contributed by atoms with Gasteiger partial charge in [0.25, 0.3) is 0 Å². The standard InChI is InChI=1S/C16H16INO2S/c17-13-9-5-4-8-12(13)15(11-6-2-1-3-7-11)21-10-14(18)16(19)20/h1-9,14-15H,10,18H2,(H,19,20). The van der Waals surface area contributed by atoms with Crippen LogP contribution in [0.15, 0.2) is 54.6 Å². The summed E-state index contributed by atoms with van der Waals surface area (Å²) in [4.78, 5) is 10.9. The Morgan fingerprint density at radius 1 is 1.14 bits per heavy atom. The molecule has 2 aromatic carbocycles. The monoisotopic (exact) mass is 413 g/mol. The zero-order valence-corrected chi connectivity index (χ0v) is 14.3. The fourth-order valence-electron chi connectivity index (χ4n) is 1.95. The summed E-state index contributed by atoms with van der Waals surface area (Å²) in [5, 5.41) is 9.04. The van der Waals surface area contributed by atoms with Crippen LogP contribution in [-0.4, -0.2) is 22.9 Å². The minimum absolute atomic E-state index is 0.0877. The van der Waals surface area contributed by atoms with Crippen LogP contribution in [0.2, 0.25) is 0 Å². The zero-order chi connectivity index (χ0) is 15.2. The van der Waals surface area contributed by atoms with Crippen molar-refractivity contribution in [2.75, 3.05) is 5.75 Å². The van der Waals surface area contributed by atoms with Gasteiger partial charge in [-0.3, -0.25) is 4.79 Å². The van der Waals surface area contributed by atoms with E-state index in [1.165, 1.54) is 9.13 Å². The molecule has 0 fully saturated rings. The van der Waals surface area contributed by atoms with Crippen LogP contribution in [0.4, 0.5) is 0 Å². The van der Waals surface area contributed by atoms with Gasteiger partial charge in [0, 0.05) is 9.32 Å². The molecule has 5 heteroatoms. The molecule has 0 radical (unpaired) electrons. The topological polar surface area (TPSA) is 63.3 Å². The molecule has 2 aromatic rings. The van der Waals surface area contributed by atoms with Crippen molar-refractivity contribution in [3.8, 4) is 0 Å². The van der Waals surface area contributed by atoms with E-state index in [0.717, 1.165) is 5.56 Å². The van der Waals surface area contributed by atoms with Crippen LogP contribution >= 0.6 is 34.4 Å². The highest BCUT2D eigenvalue weighted by molar-refractivity contribution is 14.1. The van der Waals surface area contributed by atoms with Crippen molar-refractivity contribution >= 4 is 40.3 Å². The van der Waals surface area contributed by atoms with Crippen LogP contribution in [0.5, 0.6) is 0 Å². The SMILES string of the molecule is NC(CSC(c1ccccc1)c1ccccc1I)C(=O)O. The average molecular weight is 413 g/mol. The Morgan fingerprint density at radius 3 is 2.38 bits per heavy atom. The Kier molecular flexibility index (Phi) is 6.08. The highest BCUT2D eigenvalue weighted by Gasteiger charge is 2.20. The predicted molar refractivity (Wildman–Crippen MR) is 95.5 cm³/mol. The van der Waals surface area contributed by atoms with Crippen LogP contribution in [0.25, 0.3) is 0 Å². The van der Waals surface area contributed by atoms with Gasteiger partial charge in [-0.15, -0.1) is 11.8 Å². The van der Waals surface area contributed by atoms with Gasteiger partial charge in [0.1, 0.15) is 6.04 Å². The molecule has 3 nitrogen and oxygen atoms in total. The van der Waals surface area contributed by atoms with Gasteiger partial charge < -0.3 is 10.8 Å². The predicted octanol–water partition coefficient (Wildman–Crippen LogP) is 3.53. The van der Waals surface area contributed by atoms with E-state index >= 15 is 0 Å². The summed E-state index contributed by atoms with van der Waals surface area (Å²) in [6.45, 7) is 0. The maximum atomic E-state index is 10.9. The third-order valence-corrected chi connectivity index (χ3v) is 5.44. The molecular weight excluding hydrogens is 397 g/mol. The van der Waals surface area contributed by atoms with Crippen LogP contribution in [0, 0.1) is 3.57 Å². The maximum absolute atomic E-state index is 10.9. The van der Waals surface area contributed by atoms with E-state index in [2.05, 4.69) is 46.9 Å². The van der Waals surface area contributed by atoms with Crippen LogP contribution in [0.3, 0.4) is 0 Å². The molecule has 2 unspecified atom stereocenters. The summed E-state index contributed by atoms with van der Waals surface area (Å²) < 4.78 is 1.17. The Labute approximate surface area is 142 Å². The molecule has 0 bridgehead atoms. The molecule has 3 N–H and O–H groups in total. The summed E-state index contributed by atoms with van der Waals surface area (Å²) in [5.41, 5.74) is 7.98. The van der Waals surface area contributed by atoms with Gasteiger partial charge in [0.15, 0.2) is 0 Å². The average Bonchev–Trinajstić information content (AvgIpc) is 2.50. The first-order valence-corrected chi connectivity index (χ1v) is 8.61.